The van der Waals surface area contributed by atoms with Crippen LogP contribution in [0.3, 0.4) is 0 Å². The Morgan fingerprint density at radius 3 is 2.69 bits per heavy atom. The van der Waals surface area contributed by atoms with E-state index >= 15 is 0 Å². The molecule has 7 nitrogen and oxygen atoms in total. The summed E-state index contributed by atoms with van der Waals surface area (Å²) in [5.74, 6) is 0.400. The van der Waals surface area contributed by atoms with Crippen molar-refractivity contribution >= 4 is 23.0 Å². The van der Waals surface area contributed by atoms with Gasteiger partial charge in [-0.05, 0) is 49.1 Å². The van der Waals surface area contributed by atoms with Crippen LogP contribution >= 0.6 is 0 Å². The highest BCUT2D eigenvalue weighted by Gasteiger charge is 2.08. The number of pyridine rings is 1. The average Bonchev–Trinajstić information content (AvgIpc) is 2.84. The molecule has 0 unspecified atom stereocenters. The van der Waals surface area contributed by atoms with Crippen LogP contribution in [0.2, 0.25) is 0 Å². The van der Waals surface area contributed by atoms with Gasteiger partial charge in [0.2, 0.25) is 0 Å². The third kappa shape index (κ3) is 5.43. The number of rotatable bonds is 7. The van der Waals surface area contributed by atoms with E-state index < -0.39 is 0 Å². The number of hydrogen-bond acceptors (Lipinski definition) is 5. The maximum absolute atomic E-state index is 12.2. The molecule has 0 fully saturated rings. The number of nitriles is 1. The highest BCUT2D eigenvalue weighted by molar-refractivity contribution is 5.89. The zero-order valence-corrected chi connectivity index (χ0v) is 17.5. The normalized spacial score (nSPS) is 10.5. The van der Waals surface area contributed by atoms with Crippen LogP contribution in [0.4, 0.5) is 10.6 Å². The Morgan fingerprint density at radius 1 is 0.969 bits per heavy atom. The van der Waals surface area contributed by atoms with Gasteiger partial charge in [0.15, 0.2) is 5.65 Å². The molecule has 32 heavy (non-hydrogen) atoms. The van der Waals surface area contributed by atoms with Crippen LogP contribution in [-0.4, -0.2) is 27.5 Å². The van der Waals surface area contributed by atoms with Crippen LogP contribution in [0.1, 0.15) is 24.0 Å². The number of hydrogen-bond donors (Lipinski definition) is 2. The number of benzene rings is 2. The first-order valence-electron chi connectivity index (χ1n) is 10.4. The van der Waals surface area contributed by atoms with Crippen LogP contribution in [0, 0.1) is 11.3 Å². The molecule has 2 amide bonds. The molecule has 0 radical (unpaired) electrons. The molecule has 7 heteroatoms. The number of nitrogens with one attached hydrogen (secondary N) is 2. The second-order valence-corrected chi connectivity index (χ2v) is 7.31. The molecule has 0 aliphatic carbocycles. The minimum atomic E-state index is -0.303. The first kappa shape index (κ1) is 20.9. The molecule has 4 rings (SSSR count). The van der Waals surface area contributed by atoms with E-state index in [1.807, 2.05) is 24.3 Å². The fraction of sp³-hybridized carbons (Fsp3) is 0.160. The summed E-state index contributed by atoms with van der Waals surface area (Å²) in [4.78, 5) is 25.6. The summed E-state index contributed by atoms with van der Waals surface area (Å²) in [6.45, 7) is 0.589. The lowest BCUT2D eigenvalue weighted by Gasteiger charge is -2.08. The number of anilines is 1. The van der Waals surface area contributed by atoms with Gasteiger partial charge in [0.1, 0.15) is 11.3 Å². The van der Waals surface area contributed by atoms with Crippen molar-refractivity contribution in [1.82, 2.24) is 20.3 Å². The maximum atomic E-state index is 12.2. The van der Waals surface area contributed by atoms with Crippen molar-refractivity contribution in [3.8, 4) is 17.3 Å². The monoisotopic (exact) mass is 422 g/mol. The van der Waals surface area contributed by atoms with E-state index in [9.17, 15) is 4.79 Å². The Labute approximate surface area is 186 Å². The molecule has 2 heterocycles. The molecule has 2 N–H and O–H groups in total. The van der Waals surface area contributed by atoms with Crippen molar-refractivity contribution in [2.75, 3.05) is 11.9 Å². The molecule has 0 aliphatic heterocycles. The summed E-state index contributed by atoms with van der Waals surface area (Å²) in [6.07, 6.45) is 4.54. The molecular formula is C25H22N6O. The topological polar surface area (TPSA) is 104 Å². The predicted molar refractivity (Wildman–Crippen MR) is 124 cm³/mol. The van der Waals surface area contributed by atoms with Gasteiger partial charge in [0, 0.05) is 12.1 Å². The van der Waals surface area contributed by atoms with Crippen molar-refractivity contribution in [3.63, 3.8) is 0 Å². The third-order valence-electron chi connectivity index (χ3n) is 4.96. The standard InChI is InChI=1S/C25H22N6O/c26-16-19-10-6-11-20(15-19)22-17-28-21-12-13-23(30-24(21)29-22)31-25(32)27-14-5-4-9-18-7-2-1-3-8-18/h1-3,6-8,10-13,15,17H,4-5,9,14H2,(H2,27,29,30,31,32). The van der Waals surface area contributed by atoms with Crippen molar-refractivity contribution in [3.05, 3.63) is 84.1 Å². The fourth-order valence-corrected chi connectivity index (χ4v) is 3.32. The second kappa shape index (κ2) is 10.1. The average molecular weight is 422 g/mol. The molecule has 0 saturated heterocycles. The lowest BCUT2D eigenvalue weighted by atomic mass is 10.1. The lowest BCUT2D eigenvalue weighted by Crippen LogP contribution is -2.29. The van der Waals surface area contributed by atoms with Crippen LogP contribution in [0.15, 0.2) is 72.9 Å². The van der Waals surface area contributed by atoms with Gasteiger partial charge in [-0.3, -0.25) is 10.3 Å². The van der Waals surface area contributed by atoms with Gasteiger partial charge in [-0.25, -0.2) is 14.8 Å². The second-order valence-electron chi connectivity index (χ2n) is 7.31. The van der Waals surface area contributed by atoms with E-state index in [1.165, 1.54) is 5.56 Å². The van der Waals surface area contributed by atoms with Crippen LogP contribution in [-0.2, 0) is 6.42 Å². The number of aromatic nitrogens is 3. The van der Waals surface area contributed by atoms with Crippen LogP contribution in [0.5, 0.6) is 0 Å². The summed E-state index contributed by atoms with van der Waals surface area (Å²) in [5.41, 5.74) is 4.29. The number of carbonyl (C=O) groups excluding carboxylic acids is 1. The summed E-state index contributed by atoms with van der Waals surface area (Å²) < 4.78 is 0. The summed E-state index contributed by atoms with van der Waals surface area (Å²) >= 11 is 0. The van der Waals surface area contributed by atoms with Gasteiger partial charge in [-0.2, -0.15) is 5.26 Å². The molecule has 0 bridgehead atoms. The smallest absolute Gasteiger partial charge is 0.320 e. The molecule has 4 aromatic rings. The van der Waals surface area contributed by atoms with Gasteiger partial charge < -0.3 is 5.32 Å². The fourth-order valence-electron chi connectivity index (χ4n) is 3.32. The number of amides is 2. The third-order valence-corrected chi connectivity index (χ3v) is 4.96. The van der Waals surface area contributed by atoms with Crippen molar-refractivity contribution < 1.29 is 4.79 Å². The molecule has 2 aromatic heterocycles. The van der Waals surface area contributed by atoms with Crippen molar-refractivity contribution in [2.45, 2.75) is 19.3 Å². The minimum absolute atomic E-state index is 0.303. The van der Waals surface area contributed by atoms with Gasteiger partial charge in [0.25, 0.3) is 0 Å². The Hall–Kier alpha value is -4.31. The highest BCUT2D eigenvalue weighted by atomic mass is 16.2. The van der Waals surface area contributed by atoms with Gasteiger partial charge in [-0.15, -0.1) is 0 Å². The zero-order chi connectivity index (χ0) is 22.2. The van der Waals surface area contributed by atoms with E-state index in [0.717, 1.165) is 24.8 Å². The van der Waals surface area contributed by atoms with Crippen LogP contribution in [0.25, 0.3) is 22.4 Å². The molecule has 2 aromatic carbocycles. The Balaban J connectivity index is 1.34. The number of aryl methyl sites for hydroxylation is 1. The Morgan fingerprint density at radius 2 is 1.84 bits per heavy atom. The van der Waals surface area contributed by atoms with E-state index in [1.54, 1.807) is 36.5 Å². The van der Waals surface area contributed by atoms with Crippen LogP contribution < -0.4 is 10.6 Å². The molecule has 0 atom stereocenters. The van der Waals surface area contributed by atoms with E-state index in [2.05, 4.69) is 43.8 Å². The molecule has 0 aliphatic rings. The Kier molecular flexibility index (Phi) is 6.63. The zero-order valence-electron chi connectivity index (χ0n) is 17.5. The summed E-state index contributed by atoms with van der Waals surface area (Å²) in [5, 5.41) is 14.7. The largest absolute Gasteiger partial charge is 0.338 e. The van der Waals surface area contributed by atoms with Crippen molar-refractivity contribution in [2.24, 2.45) is 0 Å². The number of carbonyl (C=O) groups is 1. The van der Waals surface area contributed by atoms with Gasteiger partial charge in [-0.1, -0.05) is 42.5 Å². The number of fused-ring (bicyclic) bond motifs is 1. The summed E-state index contributed by atoms with van der Waals surface area (Å²) in [6, 6.07) is 22.7. The molecule has 158 valence electrons. The number of nitrogens with zero attached hydrogens (tertiary/aromatic N) is 4. The number of unbranched alkanes of at least 4 members (excludes halogenated alkanes) is 1. The maximum Gasteiger partial charge on any atom is 0.320 e. The first-order valence-corrected chi connectivity index (χ1v) is 10.4. The van der Waals surface area contributed by atoms with E-state index in [0.29, 0.717) is 34.8 Å². The lowest BCUT2D eigenvalue weighted by molar-refractivity contribution is 0.252. The minimum Gasteiger partial charge on any atom is -0.338 e. The van der Waals surface area contributed by atoms with E-state index in [4.69, 9.17) is 5.26 Å². The molecular weight excluding hydrogens is 400 g/mol. The highest BCUT2D eigenvalue weighted by Crippen LogP contribution is 2.20. The molecule has 0 spiro atoms. The van der Waals surface area contributed by atoms with E-state index in [-0.39, 0.29) is 6.03 Å². The number of urea groups is 1. The molecule has 0 saturated carbocycles. The van der Waals surface area contributed by atoms with Gasteiger partial charge >= 0.3 is 6.03 Å². The SMILES string of the molecule is N#Cc1cccc(-c2cnc3ccc(NC(=O)NCCCCc4ccccc4)nc3n2)c1. The van der Waals surface area contributed by atoms with Gasteiger partial charge in [0.05, 0.1) is 23.5 Å². The first-order chi connectivity index (χ1) is 15.7. The van der Waals surface area contributed by atoms with Crippen molar-refractivity contribution in [1.29, 1.82) is 5.26 Å². The summed E-state index contributed by atoms with van der Waals surface area (Å²) in [7, 11) is 0. The quantitative estimate of drug-likeness (QED) is 0.420. The predicted octanol–water partition coefficient (Wildman–Crippen LogP) is 4.71. The Bertz CT molecular complexity index is 1270.